The second kappa shape index (κ2) is 9.91. The van der Waals surface area contributed by atoms with Crippen molar-refractivity contribution in [3.8, 4) is 11.5 Å². The van der Waals surface area contributed by atoms with Crippen LogP contribution in [0, 0.1) is 0 Å². The molecule has 3 heterocycles. The number of anilines is 1. The van der Waals surface area contributed by atoms with Crippen LogP contribution < -0.4 is 5.32 Å². The Kier molecular flexibility index (Phi) is 6.77. The summed E-state index contributed by atoms with van der Waals surface area (Å²) in [5, 5.41) is 7.86. The number of esters is 1. The number of nitrogens with one attached hydrogen (secondary N) is 1. The molecule has 4 aromatic rings. The number of rotatable bonds is 8. The maximum absolute atomic E-state index is 13.1. The van der Waals surface area contributed by atoms with Crippen molar-refractivity contribution in [1.29, 1.82) is 0 Å². The lowest BCUT2D eigenvalue weighted by molar-refractivity contribution is -0.119. The van der Waals surface area contributed by atoms with E-state index in [1.54, 1.807) is 35.3 Å². The number of nitrogens with zero attached hydrogens (tertiary/aromatic N) is 3. The highest BCUT2D eigenvalue weighted by Crippen LogP contribution is 2.27. The summed E-state index contributed by atoms with van der Waals surface area (Å²) in [5.41, 5.74) is 4.18. The molecule has 0 fully saturated rings. The third kappa shape index (κ3) is 4.57. The van der Waals surface area contributed by atoms with E-state index in [2.05, 4.69) is 15.4 Å². The summed E-state index contributed by atoms with van der Waals surface area (Å²) < 4.78 is 12.6. The van der Waals surface area contributed by atoms with Crippen molar-refractivity contribution in [2.75, 3.05) is 11.9 Å². The van der Waals surface area contributed by atoms with E-state index >= 15 is 0 Å². The number of amides is 1. The minimum atomic E-state index is -0.627. The van der Waals surface area contributed by atoms with Gasteiger partial charge in [0.25, 0.3) is 5.91 Å². The Morgan fingerprint density at radius 2 is 1.85 bits per heavy atom. The number of hydrogen-bond acceptors (Lipinski definition) is 6. The van der Waals surface area contributed by atoms with E-state index in [0.717, 1.165) is 29.7 Å². The molecule has 0 unspecified atom stereocenters. The summed E-state index contributed by atoms with van der Waals surface area (Å²) in [6.07, 6.45) is 4.71. The van der Waals surface area contributed by atoms with Crippen molar-refractivity contribution >= 4 is 28.6 Å². The molecule has 8 nitrogen and oxygen atoms in total. The highest BCUT2D eigenvalue weighted by Gasteiger charge is 2.21. The number of carbonyl (C=O) groups excluding carboxylic acids is 2. The molecule has 0 radical (unpaired) electrons. The van der Waals surface area contributed by atoms with E-state index in [9.17, 15) is 9.59 Å². The smallest absolute Gasteiger partial charge is 0.339 e. The van der Waals surface area contributed by atoms with Crippen LogP contribution in [0.25, 0.3) is 22.5 Å². The zero-order valence-corrected chi connectivity index (χ0v) is 19.8. The lowest BCUT2D eigenvalue weighted by Gasteiger charge is -2.14. The molecule has 3 aromatic heterocycles. The molecule has 1 N–H and O–H groups in total. The lowest BCUT2D eigenvalue weighted by atomic mass is 10.0. The van der Waals surface area contributed by atoms with Gasteiger partial charge in [-0.05, 0) is 56.0 Å². The predicted molar refractivity (Wildman–Crippen MR) is 130 cm³/mol. The van der Waals surface area contributed by atoms with Crippen molar-refractivity contribution in [2.24, 2.45) is 0 Å². The number of aromatic nitrogens is 3. The normalized spacial score (nSPS) is 11.2. The SMILES string of the molecule is CCc1cccc(CC)c1NC(=O)COC(=O)c1cc(-c2ccco2)nc2c1cnn2C(C)C. The Morgan fingerprint density at radius 1 is 1.12 bits per heavy atom. The molecule has 1 amide bonds. The van der Waals surface area contributed by atoms with Crippen LogP contribution >= 0.6 is 0 Å². The van der Waals surface area contributed by atoms with Crippen molar-refractivity contribution in [3.63, 3.8) is 0 Å². The topological polar surface area (TPSA) is 99.2 Å². The minimum absolute atomic E-state index is 0.0397. The van der Waals surface area contributed by atoms with Crippen LogP contribution in [0.3, 0.4) is 0 Å². The molecule has 0 bridgehead atoms. The molecule has 0 atom stereocenters. The van der Waals surface area contributed by atoms with Gasteiger partial charge in [0, 0.05) is 11.7 Å². The monoisotopic (exact) mass is 460 g/mol. The van der Waals surface area contributed by atoms with Crippen LogP contribution in [-0.4, -0.2) is 33.2 Å². The fourth-order valence-electron chi connectivity index (χ4n) is 3.90. The predicted octanol–water partition coefficient (Wildman–Crippen LogP) is 5.19. The van der Waals surface area contributed by atoms with Gasteiger partial charge in [-0.25, -0.2) is 14.5 Å². The van der Waals surface area contributed by atoms with E-state index in [1.807, 2.05) is 45.9 Å². The molecule has 0 saturated carbocycles. The number of carbonyl (C=O) groups is 2. The van der Waals surface area contributed by atoms with Crippen molar-refractivity contribution in [3.05, 3.63) is 65.5 Å². The van der Waals surface area contributed by atoms with E-state index in [1.165, 1.54) is 0 Å². The number of aryl methyl sites for hydroxylation is 2. The van der Waals surface area contributed by atoms with Gasteiger partial charge < -0.3 is 14.5 Å². The van der Waals surface area contributed by atoms with E-state index in [0.29, 0.717) is 22.5 Å². The second-order valence-corrected chi connectivity index (χ2v) is 8.24. The summed E-state index contributed by atoms with van der Waals surface area (Å²) >= 11 is 0. The van der Waals surface area contributed by atoms with Gasteiger partial charge >= 0.3 is 5.97 Å². The summed E-state index contributed by atoms with van der Waals surface area (Å²) in [6, 6.07) is 11.1. The lowest BCUT2D eigenvalue weighted by Crippen LogP contribution is -2.22. The van der Waals surface area contributed by atoms with E-state index < -0.39 is 18.5 Å². The van der Waals surface area contributed by atoms with Gasteiger partial charge in [-0.1, -0.05) is 32.0 Å². The van der Waals surface area contributed by atoms with Crippen LogP contribution in [0.1, 0.15) is 55.2 Å². The van der Waals surface area contributed by atoms with Crippen LogP contribution in [0.5, 0.6) is 0 Å². The van der Waals surface area contributed by atoms with E-state index in [-0.39, 0.29) is 11.6 Å². The first kappa shape index (κ1) is 23.2. The summed E-state index contributed by atoms with van der Waals surface area (Å²) in [4.78, 5) is 30.4. The molecule has 0 aliphatic carbocycles. The van der Waals surface area contributed by atoms with Gasteiger partial charge in [0.2, 0.25) is 0 Å². The average molecular weight is 461 g/mol. The van der Waals surface area contributed by atoms with Gasteiger partial charge in [0.1, 0.15) is 5.69 Å². The molecule has 0 aliphatic rings. The van der Waals surface area contributed by atoms with Crippen molar-refractivity contribution < 1.29 is 18.7 Å². The third-order valence-corrected chi connectivity index (χ3v) is 5.65. The summed E-state index contributed by atoms with van der Waals surface area (Å²) in [5.74, 6) is -0.495. The van der Waals surface area contributed by atoms with Gasteiger partial charge in [0.15, 0.2) is 18.0 Å². The highest BCUT2D eigenvalue weighted by atomic mass is 16.5. The largest absolute Gasteiger partial charge is 0.463 e. The number of ether oxygens (including phenoxy) is 1. The Hall–Kier alpha value is -3.94. The Balaban J connectivity index is 1.58. The number of fused-ring (bicyclic) bond motifs is 1. The first-order valence-corrected chi connectivity index (χ1v) is 11.4. The maximum Gasteiger partial charge on any atom is 0.339 e. The first-order chi connectivity index (χ1) is 16.4. The number of benzene rings is 1. The van der Waals surface area contributed by atoms with Gasteiger partial charge in [-0.3, -0.25) is 4.79 Å². The van der Waals surface area contributed by atoms with Gasteiger partial charge in [-0.2, -0.15) is 5.10 Å². The minimum Gasteiger partial charge on any atom is -0.463 e. The van der Waals surface area contributed by atoms with E-state index in [4.69, 9.17) is 9.15 Å². The molecular formula is C26H28N4O4. The molecule has 4 rings (SSSR count). The van der Waals surface area contributed by atoms with Crippen molar-refractivity contribution in [1.82, 2.24) is 14.8 Å². The molecule has 0 aliphatic heterocycles. The zero-order valence-electron chi connectivity index (χ0n) is 19.8. The quantitative estimate of drug-likeness (QED) is 0.363. The number of pyridine rings is 1. The second-order valence-electron chi connectivity index (χ2n) is 8.24. The van der Waals surface area contributed by atoms with Crippen molar-refractivity contribution in [2.45, 2.75) is 46.6 Å². The number of furan rings is 1. The average Bonchev–Trinajstić information content (AvgIpc) is 3.52. The van der Waals surface area contributed by atoms with Crippen LogP contribution in [0.4, 0.5) is 5.69 Å². The fraction of sp³-hybridized carbons (Fsp3) is 0.308. The Labute approximate surface area is 197 Å². The molecule has 0 spiro atoms. The molecule has 34 heavy (non-hydrogen) atoms. The number of hydrogen-bond donors (Lipinski definition) is 1. The molecule has 176 valence electrons. The molecular weight excluding hydrogens is 432 g/mol. The maximum atomic E-state index is 13.1. The molecule has 0 saturated heterocycles. The third-order valence-electron chi connectivity index (χ3n) is 5.65. The summed E-state index contributed by atoms with van der Waals surface area (Å²) in [6.45, 7) is 7.63. The van der Waals surface area contributed by atoms with Gasteiger partial charge in [0.05, 0.1) is 23.4 Å². The standard InChI is InChI=1S/C26H28N4O4/c1-5-17-9-7-10-18(6-2)24(17)29-23(31)15-34-26(32)19-13-21(22-11-8-12-33-22)28-25-20(19)14-27-30(25)16(3)4/h7-14,16H,5-6,15H2,1-4H3,(H,29,31). The van der Waals surface area contributed by atoms with Crippen LogP contribution in [0.2, 0.25) is 0 Å². The zero-order chi connectivity index (χ0) is 24.2. The fourth-order valence-corrected chi connectivity index (χ4v) is 3.90. The first-order valence-electron chi connectivity index (χ1n) is 11.4. The molecule has 8 heteroatoms. The molecule has 1 aromatic carbocycles. The number of para-hydroxylation sites is 1. The van der Waals surface area contributed by atoms with Gasteiger partial charge in [-0.15, -0.1) is 0 Å². The van der Waals surface area contributed by atoms with Crippen LogP contribution in [-0.2, 0) is 22.4 Å². The highest BCUT2D eigenvalue weighted by molar-refractivity contribution is 6.04. The Bertz CT molecular complexity index is 1300. The Morgan fingerprint density at radius 3 is 2.47 bits per heavy atom. The summed E-state index contributed by atoms with van der Waals surface area (Å²) in [7, 11) is 0. The van der Waals surface area contributed by atoms with Crippen LogP contribution in [0.15, 0.2) is 53.3 Å².